The van der Waals surface area contributed by atoms with Gasteiger partial charge < -0.3 is 29.8 Å². The lowest BCUT2D eigenvalue weighted by Gasteiger charge is -2.14. The van der Waals surface area contributed by atoms with Crippen molar-refractivity contribution in [1.29, 1.82) is 5.41 Å². The van der Waals surface area contributed by atoms with Crippen molar-refractivity contribution in [1.82, 2.24) is 24.8 Å². The zero-order valence-electron chi connectivity index (χ0n) is 20.2. The molecule has 0 bridgehead atoms. The first-order valence-electron chi connectivity index (χ1n) is 11.5. The van der Waals surface area contributed by atoms with Crippen molar-refractivity contribution in [2.24, 2.45) is 10.7 Å². The SMILES string of the molecule is CCc1nc2nc(Oc3cccc(C4=NCCN4C)c3)nc(Oc3cc(OC)cc(C(=N)N)c3)c2[nH]1. The molecule has 5 rings (SSSR count). The molecule has 36 heavy (non-hydrogen) atoms. The maximum atomic E-state index is 7.79. The van der Waals surface area contributed by atoms with Crippen molar-refractivity contribution >= 4 is 22.8 Å². The lowest BCUT2D eigenvalue weighted by molar-refractivity contribution is 0.402. The van der Waals surface area contributed by atoms with Crippen LogP contribution in [-0.2, 0) is 6.42 Å². The smallest absolute Gasteiger partial charge is 0.327 e. The van der Waals surface area contributed by atoms with Gasteiger partial charge in [0.05, 0.1) is 13.7 Å². The highest BCUT2D eigenvalue weighted by Crippen LogP contribution is 2.32. The molecule has 0 aliphatic carbocycles. The van der Waals surface area contributed by atoms with E-state index < -0.39 is 0 Å². The first-order chi connectivity index (χ1) is 17.4. The van der Waals surface area contributed by atoms with E-state index in [1.165, 1.54) is 7.11 Å². The number of hydrogen-bond donors (Lipinski definition) is 3. The molecule has 11 heteroatoms. The number of imidazole rings is 1. The third-order valence-corrected chi connectivity index (χ3v) is 5.68. The molecule has 4 aromatic rings. The molecule has 0 saturated heterocycles. The zero-order chi connectivity index (χ0) is 25.2. The van der Waals surface area contributed by atoms with Gasteiger partial charge in [0.2, 0.25) is 0 Å². The van der Waals surface area contributed by atoms with Crippen LogP contribution in [0.1, 0.15) is 23.9 Å². The van der Waals surface area contributed by atoms with Crippen molar-refractivity contribution in [3.05, 3.63) is 59.4 Å². The lowest BCUT2D eigenvalue weighted by atomic mass is 10.2. The first kappa shape index (κ1) is 23.1. The topological polar surface area (TPSA) is 148 Å². The molecule has 1 aliphatic rings. The van der Waals surface area contributed by atoms with Gasteiger partial charge in [0.15, 0.2) is 5.65 Å². The molecule has 1 aliphatic heterocycles. The Morgan fingerprint density at radius 2 is 1.92 bits per heavy atom. The number of benzene rings is 2. The van der Waals surface area contributed by atoms with E-state index in [0.29, 0.717) is 40.4 Å². The van der Waals surface area contributed by atoms with Crippen LogP contribution in [0, 0.1) is 5.41 Å². The van der Waals surface area contributed by atoms with Gasteiger partial charge in [-0.1, -0.05) is 19.1 Å². The number of aliphatic imine (C=N–C) groups is 1. The second-order valence-electron chi connectivity index (χ2n) is 8.22. The van der Waals surface area contributed by atoms with E-state index in [9.17, 15) is 0 Å². The van der Waals surface area contributed by atoms with Gasteiger partial charge in [-0.15, -0.1) is 0 Å². The number of nitrogen functional groups attached to an aromatic ring is 1. The van der Waals surface area contributed by atoms with Crippen LogP contribution in [-0.4, -0.2) is 63.8 Å². The van der Waals surface area contributed by atoms with Gasteiger partial charge in [-0.25, -0.2) is 4.98 Å². The summed E-state index contributed by atoms with van der Waals surface area (Å²) >= 11 is 0. The predicted molar refractivity (Wildman–Crippen MR) is 136 cm³/mol. The van der Waals surface area contributed by atoms with Gasteiger partial charge in [0.1, 0.15) is 40.3 Å². The van der Waals surface area contributed by atoms with Crippen LogP contribution in [0.4, 0.5) is 0 Å². The second-order valence-corrected chi connectivity index (χ2v) is 8.22. The highest BCUT2D eigenvalue weighted by atomic mass is 16.5. The quantitative estimate of drug-likeness (QED) is 0.253. The monoisotopic (exact) mass is 486 g/mol. The summed E-state index contributed by atoms with van der Waals surface area (Å²) < 4.78 is 17.5. The van der Waals surface area contributed by atoms with E-state index in [0.717, 1.165) is 30.3 Å². The van der Waals surface area contributed by atoms with Crippen molar-refractivity contribution in [2.75, 3.05) is 27.2 Å². The van der Waals surface area contributed by atoms with Crippen LogP contribution in [0.25, 0.3) is 11.2 Å². The number of H-pyrrole nitrogens is 1. The van der Waals surface area contributed by atoms with Crippen LogP contribution >= 0.6 is 0 Å². The number of rotatable bonds is 8. The molecule has 3 heterocycles. The minimum atomic E-state index is -0.109. The number of nitrogens with two attached hydrogens (primary N) is 1. The average Bonchev–Trinajstić information content (AvgIpc) is 3.50. The van der Waals surface area contributed by atoms with Gasteiger partial charge in [-0.3, -0.25) is 10.4 Å². The fraction of sp³-hybridized carbons (Fsp3) is 0.240. The fourth-order valence-electron chi connectivity index (χ4n) is 3.85. The molecule has 0 spiro atoms. The number of hydrogen-bond acceptors (Lipinski definition) is 9. The molecule has 0 saturated carbocycles. The molecule has 0 unspecified atom stereocenters. The van der Waals surface area contributed by atoms with Gasteiger partial charge in [-0.2, -0.15) is 9.97 Å². The second kappa shape index (κ2) is 9.53. The minimum Gasteiger partial charge on any atom is -0.497 e. The molecule has 184 valence electrons. The number of aromatic amines is 1. The third-order valence-electron chi connectivity index (χ3n) is 5.68. The number of aryl methyl sites for hydroxylation is 1. The van der Waals surface area contributed by atoms with Crippen LogP contribution in [0.15, 0.2) is 47.5 Å². The van der Waals surface area contributed by atoms with Crippen molar-refractivity contribution in [3.63, 3.8) is 0 Å². The normalized spacial score (nSPS) is 13.1. The van der Waals surface area contributed by atoms with Gasteiger partial charge in [0, 0.05) is 37.2 Å². The highest BCUT2D eigenvalue weighted by Gasteiger charge is 2.18. The summed E-state index contributed by atoms with van der Waals surface area (Å²) in [5, 5.41) is 7.79. The molecular formula is C25H26N8O3. The average molecular weight is 487 g/mol. The summed E-state index contributed by atoms with van der Waals surface area (Å²) in [5.74, 6) is 3.22. The highest BCUT2D eigenvalue weighted by molar-refractivity contribution is 6.00. The van der Waals surface area contributed by atoms with Crippen LogP contribution < -0.4 is 19.9 Å². The van der Waals surface area contributed by atoms with Crippen LogP contribution in [0.5, 0.6) is 29.1 Å². The van der Waals surface area contributed by atoms with Gasteiger partial charge in [-0.05, 0) is 24.3 Å². The van der Waals surface area contributed by atoms with E-state index in [-0.39, 0.29) is 17.7 Å². The molecule has 2 aromatic heterocycles. The number of ether oxygens (including phenoxy) is 3. The van der Waals surface area contributed by atoms with Crippen molar-refractivity contribution in [3.8, 4) is 29.1 Å². The molecule has 0 radical (unpaired) electrons. The third kappa shape index (κ3) is 4.63. The van der Waals surface area contributed by atoms with Crippen LogP contribution in [0.3, 0.4) is 0 Å². The molecule has 0 amide bonds. The van der Waals surface area contributed by atoms with E-state index in [4.69, 9.17) is 25.4 Å². The first-order valence-corrected chi connectivity index (χ1v) is 11.5. The van der Waals surface area contributed by atoms with Crippen molar-refractivity contribution in [2.45, 2.75) is 13.3 Å². The number of fused-ring (bicyclic) bond motifs is 1. The Kier molecular flexibility index (Phi) is 6.11. The summed E-state index contributed by atoms with van der Waals surface area (Å²) in [5.41, 5.74) is 8.04. The maximum Gasteiger partial charge on any atom is 0.327 e. The number of likely N-dealkylation sites (N-methyl/N-ethyl adjacent to an activating group) is 1. The molecule has 2 aromatic carbocycles. The molecule has 4 N–H and O–H groups in total. The Morgan fingerprint density at radius 3 is 2.64 bits per heavy atom. The number of aromatic nitrogens is 4. The minimum absolute atomic E-state index is 0.0835. The van der Waals surface area contributed by atoms with Gasteiger partial charge in [0.25, 0.3) is 5.88 Å². The summed E-state index contributed by atoms with van der Waals surface area (Å²) in [6.45, 7) is 3.64. The summed E-state index contributed by atoms with van der Waals surface area (Å²) in [6.07, 6.45) is 0.678. The van der Waals surface area contributed by atoms with Crippen molar-refractivity contribution < 1.29 is 14.2 Å². The lowest BCUT2D eigenvalue weighted by Crippen LogP contribution is -2.23. The summed E-state index contributed by atoms with van der Waals surface area (Å²) in [4.78, 5) is 23.4. The Morgan fingerprint density at radius 1 is 1.08 bits per heavy atom. The summed E-state index contributed by atoms with van der Waals surface area (Å²) in [6, 6.07) is 12.7. The predicted octanol–water partition coefficient (Wildman–Crippen LogP) is 3.48. The molecule has 0 atom stereocenters. The van der Waals surface area contributed by atoms with Crippen LogP contribution in [0.2, 0.25) is 0 Å². The number of amidine groups is 2. The van der Waals surface area contributed by atoms with E-state index in [1.807, 2.05) is 38.2 Å². The van der Waals surface area contributed by atoms with E-state index >= 15 is 0 Å². The van der Waals surface area contributed by atoms with Gasteiger partial charge >= 0.3 is 6.01 Å². The largest absolute Gasteiger partial charge is 0.497 e. The summed E-state index contributed by atoms with van der Waals surface area (Å²) in [7, 11) is 3.54. The zero-order valence-corrected chi connectivity index (χ0v) is 20.2. The Hall–Kier alpha value is -4.67. The molecule has 11 nitrogen and oxygen atoms in total. The Labute approximate surface area is 207 Å². The molecular weight excluding hydrogens is 460 g/mol. The standard InChI is InChI=1S/C25H26N8O3/c1-4-19-29-20-22(30-19)31-25(36-16-7-5-6-14(10-16)23-28-8-9-33(23)2)32-24(20)35-18-12-15(21(26)27)11-17(13-18)34-3/h5-7,10-13H,4,8-9H2,1-3H3,(H3,26,27)(H,29,30,31,32). The Bertz CT molecular complexity index is 1480. The number of methoxy groups -OCH3 is 1. The van der Waals surface area contributed by atoms with E-state index in [2.05, 4.69) is 29.8 Å². The van der Waals surface area contributed by atoms with E-state index in [1.54, 1.807) is 18.2 Å². The Balaban J connectivity index is 1.52. The maximum absolute atomic E-state index is 7.79. The molecule has 0 fully saturated rings. The number of nitrogens with zero attached hydrogens (tertiary/aromatic N) is 5. The fourth-order valence-corrected chi connectivity index (χ4v) is 3.85. The number of nitrogens with one attached hydrogen (secondary N) is 2.